The maximum atomic E-state index is 12.3. The fourth-order valence-electron chi connectivity index (χ4n) is 3.14. The molecule has 1 saturated carbocycles. The molecule has 2 aliphatic rings. The van der Waals surface area contributed by atoms with E-state index in [9.17, 15) is 9.59 Å². The van der Waals surface area contributed by atoms with Gasteiger partial charge in [-0.1, -0.05) is 12.5 Å². The van der Waals surface area contributed by atoms with E-state index in [1.807, 2.05) is 0 Å². The number of esters is 1. The van der Waals surface area contributed by atoms with Gasteiger partial charge in [0.2, 0.25) is 0 Å². The molecule has 0 atom stereocenters. The van der Waals surface area contributed by atoms with Gasteiger partial charge in [0.15, 0.2) is 0 Å². The van der Waals surface area contributed by atoms with E-state index in [2.05, 4.69) is 4.98 Å². The van der Waals surface area contributed by atoms with Crippen molar-refractivity contribution < 1.29 is 14.3 Å². The third-order valence-corrected chi connectivity index (χ3v) is 4.40. The number of hydrogen-bond acceptors (Lipinski definition) is 4. The first-order chi connectivity index (χ1) is 10.7. The minimum Gasteiger partial charge on any atom is -0.458 e. The maximum Gasteiger partial charge on any atom is 0.357 e. The van der Waals surface area contributed by atoms with Gasteiger partial charge in [-0.3, -0.25) is 4.79 Å². The highest BCUT2D eigenvalue weighted by Crippen LogP contribution is 2.21. The van der Waals surface area contributed by atoms with Gasteiger partial charge in [0.1, 0.15) is 17.5 Å². The van der Waals surface area contributed by atoms with E-state index in [0.29, 0.717) is 5.69 Å². The number of nitrogens with zero attached hydrogens (tertiary/aromatic N) is 2. The highest BCUT2D eigenvalue weighted by Gasteiger charge is 2.23. The Morgan fingerprint density at radius 2 is 1.68 bits per heavy atom. The van der Waals surface area contributed by atoms with Gasteiger partial charge < -0.3 is 9.64 Å². The van der Waals surface area contributed by atoms with Crippen LogP contribution in [0.5, 0.6) is 0 Å². The average molecular weight is 302 g/mol. The molecule has 3 rings (SSSR count). The first-order valence-electron chi connectivity index (χ1n) is 8.21. The molecule has 1 aliphatic heterocycles. The van der Waals surface area contributed by atoms with Gasteiger partial charge in [-0.25, -0.2) is 9.78 Å². The van der Waals surface area contributed by atoms with Crippen LogP contribution in [0.1, 0.15) is 65.9 Å². The topological polar surface area (TPSA) is 59.5 Å². The summed E-state index contributed by atoms with van der Waals surface area (Å²) < 4.78 is 5.51. The van der Waals surface area contributed by atoms with Crippen LogP contribution in [0.3, 0.4) is 0 Å². The van der Waals surface area contributed by atoms with Crippen LogP contribution in [0.25, 0.3) is 0 Å². The van der Waals surface area contributed by atoms with Crippen molar-refractivity contribution >= 4 is 11.9 Å². The third-order valence-electron chi connectivity index (χ3n) is 4.40. The van der Waals surface area contributed by atoms with Gasteiger partial charge in [-0.05, 0) is 50.7 Å². The quantitative estimate of drug-likeness (QED) is 0.806. The summed E-state index contributed by atoms with van der Waals surface area (Å²) in [4.78, 5) is 30.5. The normalized spacial score (nSPS) is 19.2. The van der Waals surface area contributed by atoms with Crippen molar-refractivity contribution in [3.63, 3.8) is 0 Å². The Morgan fingerprint density at radius 3 is 2.41 bits per heavy atom. The highest BCUT2D eigenvalue weighted by molar-refractivity contribution is 5.94. The highest BCUT2D eigenvalue weighted by atomic mass is 16.5. The summed E-state index contributed by atoms with van der Waals surface area (Å²) in [6.45, 7) is 1.55. The Balaban J connectivity index is 1.67. The first-order valence-corrected chi connectivity index (χ1v) is 8.21. The van der Waals surface area contributed by atoms with Crippen LogP contribution in [-0.2, 0) is 4.74 Å². The Hall–Kier alpha value is -1.91. The lowest BCUT2D eigenvalue weighted by molar-refractivity contribution is 0.0204. The van der Waals surface area contributed by atoms with Crippen LogP contribution in [0.15, 0.2) is 18.2 Å². The van der Waals surface area contributed by atoms with Crippen molar-refractivity contribution in [1.82, 2.24) is 9.88 Å². The molecule has 0 spiro atoms. The third kappa shape index (κ3) is 3.46. The molecule has 5 nitrogen and oxygen atoms in total. The van der Waals surface area contributed by atoms with Crippen molar-refractivity contribution in [2.75, 3.05) is 13.1 Å². The summed E-state index contributed by atoms with van der Waals surface area (Å²) >= 11 is 0. The Labute approximate surface area is 130 Å². The molecule has 0 aromatic carbocycles. The summed E-state index contributed by atoms with van der Waals surface area (Å²) in [5, 5.41) is 0. The Kier molecular flexibility index (Phi) is 4.71. The van der Waals surface area contributed by atoms with E-state index in [0.717, 1.165) is 51.6 Å². The fourth-order valence-corrected chi connectivity index (χ4v) is 3.14. The van der Waals surface area contributed by atoms with Gasteiger partial charge in [0.25, 0.3) is 5.91 Å². The lowest BCUT2D eigenvalue weighted by Gasteiger charge is -2.21. The summed E-state index contributed by atoms with van der Waals surface area (Å²) in [6.07, 6.45) is 7.37. The van der Waals surface area contributed by atoms with Crippen LogP contribution in [-0.4, -0.2) is 41.0 Å². The number of pyridine rings is 1. The standard InChI is InChI=1S/C17H22N2O3/c20-16(19-11-4-5-12-19)14-9-6-10-15(18-14)17(21)22-13-7-2-1-3-8-13/h6,9-10,13H,1-5,7-8,11-12H2. The Morgan fingerprint density at radius 1 is 1.00 bits per heavy atom. The second-order valence-electron chi connectivity index (χ2n) is 6.07. The molecule has 22 heavy (non-hydrogen) atoms. The molecule has 1 aliphatic carbocycles. The van der Waals surface area contributed by atoms with Crippen molar-refractivity contribution in [2.45, 2.75) is 51.0 Å². The largest absolute Gasteiger partial charge is 0.458 e. The number of rotatable bonds is 3. The predicted molar refractivity (Wildman–Crippen MR) is 81.7 cm³/mol. The summed E-state index contributed by atoms with van der Waals surface area (Å²) in [6, 6.07) is 4.98. The molecule has 1 aromatic heterocycles. The van der Waals surface area contributed by atoms with E-state index in [-0.39, 0.29) is 17.7 Å². The lowest BCUT2D eigenvalue weighted by Crippen LogP contribution is -2.29. The average Bonchev–Trinajstić information content (AvgIpc) is 3.09. The number of hydrogen-bond donors (Lipinski definition) is 0. The summed E-state index contributed by atoms with van der Waals surface area (Å²) in [7, 11) is 0. The molecule has 2 fully saturated rings. The summed E-state index contributed by atoms with van der Waals surface area (Å²) in [5.41, 5.74) is 0.565. The number of ether oxygens (including phenoxy) is 1. The Bertz CT molecular complexity index is 547. The molecule has 0 bridgehead atoms. The molecule has 0 unspecified atom stereocenters. The molecule has 118 valence electrons. The minimum atomic E-state index is -0.414. The molecule has 0 N–H and O–H groups in total. The van der Waals surface area contributed by atoms with Gasteiger partial charge in [0, 0.05) is 13.1 Å². The molecule has 5 heteroatoms. The molecule has 0 radical (unpaired) electrons. The number of amides is 1. The fraction of sp³-hybridized carbons (Fsp3) is 0.588. The van der Waals surface area contributed by atoms with Crippen molar-refractivity contribution in [3.8, 4) is 0 Å². The van der Waals surface area contributed by atoms with Crippen LogP contribution < -0.4 is 0 Å². The second kappa shape index (κ2) is 6.90. The molecular weight excluding hydrogens is 280 g/mol. The predicted octanol–water partition coefficient (Wildman–Crippen LogP) is 2.81. The molecule has 1 saturated heterocycles. The summed E-state index contributed by atoms with van der Waals surface area (Å²) in [5.74, 6) is -0.507. The van der Waals surface area contributed by atoms with E-state index >= 15 is 0 Å². The van der Waals surface area contributed by atoms with Crippen LogP contribution >= 0.6 is 0 Å². The van der Waals surface area contributed by atoms with Gasteiger partial charge in [-0.15, -0.1) is 0 Å². The number of aromatic nitrogens is 1. The number of carbonyl (C=O) groups is 2. The van der Waals surface area contributed by atoms with Gasteiger partial charge in [0.05, 0.1) is 0 Å². The SMILES string of the molecule is O=C(OC1CCCCC1)c1cccc(C(=O)N2CCCC2)n1. The van der Waals surface area contributed by atoms with Gasteiger partial charge in [-0.2, -0.15) is 0 Å². The second-order valence-corrected chi connectivity index (χ2v) is 6.07. The maximum absolute atomic E-state index is 12.3. The van der Waals surface area contributed by atoms with E-state index in [1.165, 1.54) is 6.42 Å². The zero-order valence-electron chi connectivity index (χ0n) is 12.8. The first kappa shape index (κ1) is 15.0. The smallest absolute Gasteiger partial charge is 0.357 e. The molecule has 1 amide bonds. The zero-order valence-corrected chi connectivity index (χ0v) is 12.8. The van der Waals surface area contributed by atoms with Crippen LogP contribution in [0.4, 0.5) is 0 Å². The molecule has 1 aromatic rings. The van der Waals surface area contributed by atoms with E-state index in [4.69, 9.17) is 4.74 Å². The minimum absolute atomic E-state index is 0.000916. The molecule has 2 heterocycles. The van der Waals surface area contributed by atoms with Crippen LogP contribution in [0.2, 0.25) is 0 Å². The van der Waals surface area contributed by atoms with Crippen molar-refractivity contribution in [3.05, 3.63) is 29.6 Å². The van der Waals surface area contributed by atoms with E-state index < -0.39 is 5.97 Å². The zero-order chi connectivity index (χ0) is 15.4. The van der Waals surface area contributed by atoms with E-state index in [1.54, 1.807) is 23.1 Å². The van der Waals surface area contributed by atoms with Crippen LogP contribution in [0, 0.1) is 0 Å². The number of carbonyl (C=O) groups excluding carboxylic acids is 2. The number of likely N-dealkylation sites (tertiary alicyclic amines) is 1. The van der Waals surface area contributed by atoms with Gasteiger partial charge >= 0.3 is 5.97 Å². The monoisotopic (exact) mass is 302 g/mol. The van der Waals surface area contributed by atoms with Crippen molar-refractivity contribution in [2.24, 2.45) is 0 Å². The lowest BCUT2D eigenvalue weighted by atomic mass is 9.98. The van der Waals surface area contributed by atoms with Crippen molar-refractivity contribution in [1.29, 1.82) is 0 Å². The molecular formula is C17H22N2O3.